The smallest absolute Gasteiger partial charge is 0.0382 e. The van der Waals surface area contributed by atoms with Gasteiger partial charge in [-0.3, -0.25) is 4.99 Å². The van der Waals surface area contributed by atoms with Crippen LogP contribution in [0.5, 0.6) is 0 Å². The van der Waals surface area contributed by atoms with E-state index in [2.05, 4.69) is 25.8 Å². The normalized spacial score (nSPS) is 11.5. The number of nitrogens with zero attached hydrogens (tertiary/aromatic N) is 1. The summed E-state index contributed by atoms with van der Waals surface area (Å²) < 4.78 is 0. The lowest BCUT2D eigenvalue weighted by Gasteiger charge is -1.90. The van der Waals surface area contributed by atoms with Crippen LogP contribution in [0.15, 0.2) is 4.99 Å². The predicted octanol–water partition coefficient (Wildman–Crippen LogP) is 2.12. The van der Waals surface area contributed by atoms with Gasteiger partial charge < -0.3 is 0 Å². The molecule has 1 heteroatoms. The molecule has 0 aliphatic heterocycles. The number of hydrogen-bond acceptors (Lipinski definition) is 1. The maximum Gasteiger partial charge on any atom is 0.0382 e. The van der Waals surface area contributed by atoms with E-state index in [1.54, 1.807) is 0 Å². The average molecular weight is 113 g/mol. The van der Waals surface area contributed by atoms with E-state index in [0.717, 1.165) is 13.0 Å². The van der Waals surface area contributed by atoms with Crippen LogP contribution in [0.25, 0.3) is 0 Å². The van der Waals surface area contributed by atoms with Crippen LogP contribution in [0.2, 0.25) is 0 Å². The first kappa shape index (κ1) is 7.67. The highest BCUT2D eigenvalue weighted by Gasteiger charge is 1.81. The van der Waals surface area contributed by atoms with Crippen molar-refractivity contribution in [3.8, 4) is 0 Å². The van der Waals surface area contributed by atoms with Crippen LogP contribution in [0, 0.1) is 5.92 Å². The molecule has 0 fully saturated rings. The second kappa shape index (κ2) is 4.82. The van der Waals surface area contributed by atoms with E-state index in [1.165, 1.54) is 0 Å². The van der Waals surface area contributed by atoms with Crippen molar-refractivity contribution in [2.75, 3.05) is 6.54 Å². The Balaban J connectivity index is 3.07. The molecule has 0 atom stereocenters. The molecule has 0 unspecified atom stereocenters. The van der Waals surface area contributed by atoms with Crippen molar-refractivity contribution in [2.45, 2.75) is 27.2 Å². The predicted molar refractivity (Wildman–Crippen MR) is 38.5 cm³/mol. The van der Waals surface area contributed by atoms with Gasteiger partial charge in [0.1, 0.15) is 0 Å². The lowest BCUT2D eigenvalue weighted by Crippen LogP contribution is -1.87. The minimum atomic E-state index is 0.613. The molecule has 0 aliphatic carbocycles. The van der Waals surface area contributed by atoms with Gasteiger partial charge in [0.15, 0.2) is 0 Å². The average Bonchev–Trinajstić information content (AvgIpc) is 1.66. The molecule has 0 radical (unpaired) electrons. The summed E-state index contributed by atoms with van der Waals surface area (Å²) in [5.74, 6) is 0.613. The van der Waals surface area contributed by atoms with E-state index >= 15 is 0 Å². The minimum Gasteiger partial charge on any atom is -0.297 e. The fraction of sp³-hybridized carbons (Fsp3) is 0.857. The number of aliphatic imine (C=N–C) groups is 1. The third-order valence-electron chi connectivity index (χ3n) is 0.756. The van der Waals surface area contributed by atoms with Gasteiger partial charge in [0.25, 0.3) is 0 Å². The Kier molecular flexibility index (Phi) is 4.62. The summed E-state index contributed by atoms with van der Waals surface area (Å²) >= 11 is 0. The zero-order valence-corrected chi connectivity index (χ0v) is 6.02. The molecule has 0 aromatic rings. The van der Waals surface area contributed by atoms with Crippen LogP contribution in [0.4, 0.5) is 0 Å². The van der Waals surface area contributed by atoms with Crippen molar-refractivity contribution in [3.05, 3.63) is 0 Å². The van der Waals surface area contributed by atoms with Crippen molar-refractivity contribution in [3.63, 3.8) is 0 Å². The molecule has 0 spiro atoms. The molecule has 1 nitrogen and oxygen atoms in total. The molecular formula is C7H15N. The maximum atomic E-state index is 4.16. The molecule has 0 bridgehead atoms. The highest BCUT2D eigenvalue weighted by atomic mass is 14.7. The van der Waals surface area contributed by atoms with E-state index in [9.17, 15) is 0 Å². The molecule has 0 saturated heterocycles. The summed E-state index contributed by atoms with van der Waals surface area (Å²) in [7, 11) is 0. The van der Waals surface area contributed by atoms with Crippen molar-refractivity contribution < 1.29 is 0 Å². The van der Waals surface area contributed by atoms with Gasteiger partial charge in [-0.1, -0.05) is 20.8 Å². The number of hydrogen-bond donors (Lipinski definition) is 0. The summed E-state index contributed by atoms with van der Waals surface area (Å²) in [6.07, 6.45) is 3.16. The van der Waals surface area contributed by atoms with Gasteiger partial charge in [0.05, 0.1) is 0 Å². The fourth-order valence-electron chi connectivity index (χ4n) is 0.414. The third kappa shape index (κ3) is 5.67. The topological polar surface area (TPSA) is 12.4 Å². The van der Waals surface area contributed by atoms with Gasteiger partial charge in [-0.2, -0.15) is 0 Å². The van der Waals surface area contributed by atoms with E-state index in [-0.39, 0.29) is 0 Å². The Morgan fingerprint density at radius 2 is 2.12 bits per heavy atom. The Bertz CT molecular complexity index is 64.8. The largest absolute Gasteiger partial charge is 0.297 e. The summed E-state index contributed by atoms with van der Waals surface area (Å²) in [4.78, 5) is 4.16. The van der Waals surface area contributed by atoms with Crippen LogP contribution in [-0.4, -0.2) is 12.8 Å². The first-order valence-electron chi connectivity index (χ1n) is 3.27. The molecule has 0 heterocycles. The highest BCUT2D eigenvalue weighted by Crippen LogP contribution is 1.85. The lowest BCUT2D eigenvalue weighted by atomic mass is 10.2. The Hall–Kier alpha value is -0.330. The second-order valence-electron chi connectivity index (χ2n) is 2.30. The highest BCUT2D eigenvalue weighted by molar-refractivity contribution is 5.59. The molecule has 48 valence electrons. The Labute approximate surface area is 51.8 Å². The lowest BCUT2D eigenvalue weighted by molar-refractivity contribution is 0.874. The van der Waals surface area contributed by atoms with Crippen molar-refractivity contribution in [2.24, 2.45) is 10.9 Å². The molecule has 0 rings (SSSR count). The fourth-order valence-corrected chi connectivity index (χ4v) is 0.414. The quantitative estimate of drug-likeness (QED) is 0.497. The van der Waals surface area contributed by atoms with Gasteiger partial charge in [-0.25, -0.2) is 0 Å². The van der Waals surface area contributed by atoms with E-state index in [4.69, 9.17) is 0 Å². The summed E-state index contributed by atoms with van der Waals surface area (Å²) in [5.41, 5.74) is 0. The molecule has 8 heavy (non-hydrogen) atoms. The Morgan fingerprint density at radius 1 is 1.50 bits per heavy atom. The minimum absolute atomic E-state index is 0.613. The molecule has 0 saturated carbocycles. The molecular weight excluding hydrogens is 98.1 g/mol. The van der Waals surface area contributed by atoms with Gasteiger partial charge in [-0.05, 0) is 12.3 Å². The van der Waals surface area contributed by atoms with Gasteiger partial charge in [0.2, 0.25) is 0 Å². The van der Waals surface area contributed by atoms with Crippen LogP contribution in [-0.2, 0) is 0 Å². The number of rotatable bonds is 3. The first-order chi connectivity index (χ1) is 3.77. The Morgan fingerprint density at radius 3 is 2.50 bits per heavy atom. The summed E-state index contributed by atoms with van der Waals surface area (Å²) in [5, 5.41) is 0. The van der Waals surface area contributed by atoms with Gasteiger partial charge in [0, 0.05) is 12.8 Å². The van der Waals surface area contributed by atoms with Crippen LogP contribution < -0.4 is 0 Å². The zero-order valence-electron chi connectivity index (χ0n) is 6.02. The van der Waals surface area contributed by atoms with Gasteiger partial charge >= 0.3 is 0 Å². The second-order valence-corrected chi connectivity index (χ2v) is 2.30. The molecule has 0 aromatic heterocycles. The monoisotopic (exact) mass is 113 g/mol. The zero-order chi connectivity index (χ0) is 6.41. The summed E-state index contributed by atoms with van der Waals surface area (Å²) in [6.45, 7) is 7.40. The van der Waals surface area contributed by atoms with E-state index in [0.29, 0.717) is 5.92 Å². The maximum absolute atomic E-state index is 4.16. The van der Waals surface area contributed by atoms with Gasteiger partial charge in [-0.15, -0.1) is 0 Å². The van der Waals surface area contributed by atoms with E-state index < -0.39 is 0 Å². The molecule has 0 N–H and O–H groups in total. The SMILES string of the molecule is CCC/N=C/C(C)C. The van der Waals surface area contributed by atoms with Crippen molar-refractivity contribution >= 4 is 6.21 Å². The standard InChI is InChI=1S/C7H15N/c1-4-5-8-6-7(2)3/h6-7H,4-5H2,1-3H3/b8-6+. The molecule has 0 amide bonds. The summed E-state index contributed by atoms with van der Waals surface area (Å²) in [6, 6.07) is 0. The van der Waals surface area contributed by atoms with Crippen LogP contribution >= 0.6 is 0 Å². The molecule has 0 aliphatic rings. The van der Waals surface area contributed by atoms with Crippen LogP contribution in [0.1, 0.15) is 27.2 Å². The van der Waals surface area contributed by atoms with Crippen molar-refractivity contribution in [1.82, 2.24) is 0 Å². The van der Waals surface area contributed by atoms with E-state index in [1.807, 2.05) is 6.21 Å². The third-order valence-corrected chi connectivity index (χ3v) is 0.756. The van der Waals surface area contributed by atoms with Crippen molar-refractivity contribution in [1.29, 1.82) is 0 Å². The molecule has 0 aromatic carbocycles. The van der Waals surface area contributed by atoms with Crippen LogP contribution in [0.3, 0.4) is 0 Å². The first-order valence-corrected chi connectivity index (χ1v) is 3.27.